The number of carbonyl (C=O) groups is 1. The lowest BCUT2D eigenvalue weighted by atomic mass is 10.1. The van der Waals surface area contributed by atoms with Crippen LogP contribution < -0.4 is 15.4 Å². The monoisotopic (exact) mass is 432 g/mol. The van der Waals surface area contributed by atoms with Crippen molar-refractivity contribution in [3.05, 3.63) is 35.9 Å². The van der Waals surface area contributed by atoms with E-state index in [2.05, 4.69) is 35.7 Å². The number of rotatable bonds is 6. The van der Waals surface area contributed by atoms with Crippen LogP contribution in [0.15, 0.2) is 24.3 Å². The quantitative estimate of drug-likeness (QED) is 0.426. The fourth-order valence-electron chi connectivity index (χ4n) is 3.76. The normalized spacial score (nSPS) is 13.4. The molecule has 3 N–H and O–H groups in total. The minimum atomic E-state index is -0.00346. The van der Waals surface area contributed by atoms with Gasteiger partial charge in [-0.2, -0.15) is 5.10 Å². The van der Waals surface area contributed by atoms with Gasteiger partial charge in [0, 0.05) is 19.0 Å². The number of pyridine rings is 1. The molecular formula is C22H24N8O2. The number of benzene rings is 1. The zero-order valence-electron chi connectivity index (χ0n) is 18.4. The smallest absolute Gasteiger partial charge is 0.228 e. The first-order valence-corrected chi connectivity index (χ1v) is 10.4. The number of para-hydroxylation sites is 1. The van der Waals surface area contributed by atoms with Crippen molar-refractivity contribution in [2.45, 2.75) is 26.7 Å². The Kier molecular flexibility index (Phi) is 4.76. The number of methoxy groups -OCH3 is 1. The highest BCUT2D eigenvalue weighted by molar-refractivity contribution is 5.97. The van der Waals surface area contributed by atoms with E-state index in [-0.39, 0.29) is 11.8 Å². The SMILES string of the molecule is COc1c(Nc2cc(NC(=O)C3CC3)nc3[nH]c(C)nc23)cccc1-c1nc(C)nn1C. The molecule has 1 aliphatic rings. The number of amides is 1. The van der Waals surface area contributed by atoms with E-state index in [9.17, 15) is 4.79 Å². The van der Waals surface area contributed by atoms with Crippen LogP contribution in [-0.4, -0.2) is 42.7 Å². The van der Waals surface area contributed by atoms with Gasteiger partial charge in [0.15, 0.2) is 17.2 Å². The second-order valence-corrected chi connectivity index (χ2v) is 7.96. The van der Waals surface area contributed by atoms with Crippen molar-refractivity contribution in [1.29, 1.82) is 0 Å². The summed E-state index contributed by atoms with van der Waals surface area (Å²) in [4.78, 5) is 29.1. The Balaban J connectivity index is 1.57. The molecule has 4 aromatic rings. The van der Waals surface area contributed by atoms with Gasteiger partial charge in [0.25, 0.3) is 0 Å². The highest BCUT2D eigenvalue weighted by atomic mass is 16.5. The Hall–Kier alpha value is -3.95. The van der Waals surface area contributed by atoms with E-state index < -0.39 is 0 Å². The number of nitrogens with zero attached hydrogens (tertiary/aromatic N) is 5. The number of hydrogen-bond donors (Lipinski definition) is 3. The van der Waals surface area contributed by atoms with E-state index >= 15 is 0 Å². The summed E-state index contributed by atoms with van der Waals surface area (Å²) in [6.45, 7) is 3.72. The van der Waals surface area contributed by atoms with Crippen molar-refractivity contribution in [1.82, 2.24) is 29.7 Å². The predicted octanol–water partition coefficient (Wildman–Crippen LogP) is 3.47. The standard InChI is InChI=1S/C22H24N8O2/c1-11-23-18-16(10-17(27-20(18)24-11)28-22(31)13-8-9-13)26-15-7-5-6-14(19(15)32-4)21-25-12(2)29-30(21)3/h5-7,10,13H,8-9H2,1-4H3,(H3,23,24,26,27,28,31). The largest absolute Gasteiger partial charge is 0.494 e. The first-order chi connectivity index (χ1) is 15.4. The maximum Gasteiger partial charge on any atom is 0.228 e. The van der Waals surface area contributed by atoms with Gasteiger partial charge in [0.1, 0.15) is 23.0 Å². The number of ether oxygens (including phenoxy) is 1. The van der Waals surface area contributed by atoms with Gasteiger partial charge in [-0.05, 0) is 38.8 Å². The Morgan fingerprint density at radius 3 is 2.69 bits per heavy atom. The van der Waals surface area contributed by atoms with Gasteiger partial charge in [0.05, 0.1) is 24.0 Å². The molecule has 10 heteroatoms. The third-order valence-electron chi connectivity index (χ3n) is 5.37. The molecule has 0 saturated heterocycles. The van der Waals surface area contributed by atoms with Crippen molar-refractivity contribution in [3.63, 3.8) is 0 Å². The van der Waals surface area contributed by atoms with Crippen LogP contribution in [0.25, 0.3) is 22.6 Å². The van der Waals surface area contributed by atoms with Crippen LogP contribution in [-0.2, 0) is 11.8 Å². The van der Waals surface area contributed by atoms with Gasteiger partial charge < -0.3 is 20.4 Å². The molecule has 3 aromatic heterocycles. The van der Waals surface area contributed by atoms with E-state index in [0.717, 1.165) is 29.9 Å². The molecule has 32 heavy (non-hydrogen) atoms. The summed E-state index contributed by atoms with van der Waals surface area (Å²) in [5.74, 6) is 3.30. The van der Waals surface area contributed by atoms with Crippen LogP contribution in [0.5, 0.6) is 5.75 Å². The highest BCUT2D eigenvalue weighted by Gasteiger charge is 2.30. The second kappa shape index (κ2) is 7.63. The molecule has 0 bridgehead atoms. The van der Waals surface area contributed by atoms with Gasteiger partial charge in [0.2, 0.25) is 5.91 Å². The van der Waals surface area contributed by atoms with Gasteiger partial charge in [-0.15, -0.1) is 0 Å². The first kappa shape index (κ1) is 20.0. The zero-order valence-corrected chi connectivity index (χ0v) is 18.4. The van der Waals surface area contributed by atoms with E-state index in [1.807, 2.05) is 39.1 Å². The predicted molar refractivity (Wildman–Crippen MR) is 121 cm³/mol. The van der Waals surface area contributed by atoms with Gasteiger partial charge >= 0.3 is 0 Å². The minimum Gasteiger partial charge on any atom is -0.494 e. The number of H-pyrrole nitrogens is 1. The Morgan fingerprint density at radius 2 is 2.00 bits per heavy atom. The summed E-state index contributed by atoms with van der Waals surface area (Å²) in [6, 6.07) is 7.57. The lowest BCUT2D eigenvalue weighted by molar-refractivity contribution is -0.117. The topological polar surface area (TPSA) is 123 Å². The van der Waals surface area contributed by atoms with Crippen LogP contribution in [0.3, 0.4) is 0 Å². The Labute approximate surface area is 184 Å². The number of aromatic nitrogens is 6. The fraction of sp³-hybridized carbons (Fsp3) is 0.318. The van der Waals surface area contributed by atoms with Crippen molar-refractivity contribution in [3.8, 4) is 17.1 Å². The number of fused-ring (bicyclic) bond motifs is 1. The molecule has 1 aromatic carbocycles. The number of nitrogens with one attached hydrogen (secondary N) is 3. The summed E-state index contributed by atoms with van der Waals surface area (Å²) in [5.41, 5.74) is 3.52. The van der Waals surface area contributed by atoms with Gasteiger partial charge in [-0.3, -0.25) is 4.79 Å². The fourth-order valence-corrected chi connectivity index (χ4v) is 3.76. The Morgan fingerprint density at radius 1 is 1.19 bits per heavy atom. The van der Waals surface area contributed by atoms with Crippen molar-refractivity contribution < 1.29 is 9.53 Å². The maximum atomic E-state index is 12.3. The molecular weight excluding hydrogens is 408 g/mol. The maximum absolute atomic E-state index is 12.3. The third kappa shape index (κ3) is 3.64. The van der Waals surface area contributed by atoms with Crippen LogP contribution in [0.1, 0.15) is 24.5 Å². The number of anilines is 3. The van der Waals surface area contributed by atoms with Gasteiger partial charge in [-0.25, -0.2) is 19.6 Å². The molecule has 0 radical (unpaired) electrons. The molecule has 0 atom stereocenters. The van der Waals surface area contributed by atoms with Crippen molar-refractivity contribution in [2.24, 2.45) is 13.0 Å². The molecule has 164 valence electrons. The van der Waals surface area contributed by atoms with Crippen molar-refractivity contribution in [2.75, 3.05) is 17.7 Å². The number of aryl methyl sites for hydroxylation is 3. The van der Waals surface area contributed by atoms with Crippen LogP contribution in [0.4, 0.5) is 17.2 Å². The number of carbonyl (C=O) groups excluding carboxylic acids is 1. The summed E-state index contributed by atoms with van der Waals surface area (Å²) < 4.78 is 7.49. The minimum absolute atomic E-state index is 0.00346. The molecule has 5 rings (SSSR count). The van der Waals surface area contributed by atoms with E-state index in [0.29, 0.717) is 40.1 Å². The average molecular weight is 432 g/mol. The second-order valence-electron chi connectivity index (χ2n) is 7.96. The lowest BCUT2D eigenvalue weighted by Gasteiger charge is -2.15. The van der Waals surface area contributed by atoms with E-state index in [1.165, 1.54) is 0 Å². The Bertz CT molecular complexity index is 1340. The van der Waals surface area contributed by atoms with Crippen LogP contribution in [0.2, 0.25) is 0 Å². The molecule has 1 aliphatic carbocycles. The lowest BCUT2D eigenvalue weighted by Crippen LogP contribution is -2.14. The molecule has 1 amide bonds. The molecule has 0 aliphatic heterocycles. The van der Waals surface area contributed by atoms with Gasteiger partial charge in [-0.1, -0.05) is 6.07 Å². The molecule has 0 unspecified atom stereocenters. The highest BCUT2D eigenvalue weighted by Crippen LogP contribution is 2.38. The summed E-state index contributed by atoms with van der Waals surface area (Å²) in [6.07, 6.45) is 1.85. The average Bonchev–Trinajstić information content (AvgIpc) is 3.46. The molecule has 3 heterocycles. The number of hydrogen-bond acceptors (Lipinski definition) is 7. The summed E-state index contributed by atoms with van der Waals surface area (Å²) in [5, 5.41) is 10.7. The van der Waals surface area contributed by atoms with Crippen LogP contribution >= 0.6 is 0 Å². The molecule has 0 spiro atoms. The number of aromatic amines is 1. The summed E-state index contributed by atoms with van der Waals surface area (Å²) >= 11 is 0. The van der Waals surface area contributed by atoms with Crippen molar-refractivity contribution >= 4 is 34.3 Å². The zero-order chi connectivity index (χ0) is 22.4. The first-order valence-electron chi connectivity index (χ1n) is 10.4. The molecule has 1 saturated carbocycles. The number of imidazole rings is 1. The van der Waals surface area contributed by atoms with E-state index in [1.54, 1.807) is 17.9 Å². The molecule has 10 nitrogen and oxygen atoms in total. The summed E-state index contributed by atoms with van der Waals surface area (Å²) in [7, 11) is 3.47. The van der Waals surface area contributed by atoms with Crippen LogP contribution in [0, 0.1) is 19.8 Å². The van der Waals surface area contributed by atoms with E-state index in [4.69, 9.17) is 4.74 Å². The molecule has 1 fully saturated rings. The third-order valence-corrected chi connectivity index (χ3v) is 5.37.